The number of amides is 1. The van der Waals surface area contributed by atoms with Crippen LogP contribution in [0.3, 0.4) is 0 Å². The second-order valence-corrected chi connectivity index (χ2v) is 7.90. The summed E-state index contributed by atoms with van der Waals surface area (Å²) < 4.78 is 30.7. The molecule has 1 unspecified atom stereocenters. The maximum atomic E-state index is 14.7. The lowest BCUT2D eigenvalue weighted by Gasteiger charge is -2.37. The first-order valence-corrected chi connectivity index (χ1v) is 10.4. The first kappa shape index (κ1) is 20.2. The zero-order chi connectivity index (χ0) is 21.3. The summed E-state index contributed by atoms with van der Waals surface area (Å²) in [6.07, 6.45) is 0.640. The predicted octanol–water partition coefficient (Wildman–Crippen LogP) is 4.70. The molecule has 1 aromatic heterocycles. The third-order valence-corrected chi connectivity index (χ3v) is 6.28. The molecule has 0 fully saturated rings. The number of methoxy groups -OCH3 is 3. The molecule has 156 valence electrons. The Bertz CT molecular complexity index is 1070. The Balaban J connectivity index is 1.80. The summed E-state index contributed by atoms with van der Waals surface area (Å²) in [6, 6.07) is 11.8. The maximum Gasteiger partial charge on any atom is 0.257 e. The van der Waals surface area contributed by atoms with Gasteiger partial charge in [-0.15, -0.1) is 11.3 Å². The minimum absolute atomic E-state index is 0.0290. The van der Waals surface area contributed by atoms with Crippen LogP contribution in [-0.4, -0.2) is 38.7 Å². The van der Waals surface area contributed by atoms with E-state index in [1.54, 1.807) is 36.5 Å². The van der Waals surface area contributed by atoms with Crippen molar-refractivity contribution in [2.75, 3.05) is 27.9 Å². The van der Waals surface area contributed by atoms with E-state index in [9.17, 15) is 9.18 Å². The molecule has 1 aliphatic rings. The average molecular weight is 427 g/mol. The highest BCUT2D eigenvalue weighted by Crippen LogP contribution is 2.42. The van der Waals surface area contributed by atoms with Gasteiger partial charge in [0.05, 0.1) is 32.9 Å². The van der Waals surface area contributed by atoms with E-state index in [1.165, 1.54) is 19.2 Å². The molecule has 0 N–H and O–H groups in total. The lowest BCUT2D eigenvalue weighted by atomic mass is 9.90. The number of fused-ring (bicyclic) bond motifs is 1. The maximum absolute atomic E-state index is 14.7. The predicted molar refractivity (Wildman–Crippen MR) is 113 cm³/mol. The van der Waals surface area contributed by atoms with Crippen LogP contribution < -0.4 is 14.2 Å². The number of hydrogen-bond donors (Lipinski definition) is 0. The highest BCUT2D eigenvalue weighted by atomic mass is 32.1. The zero-order valence-corrected chi connectivity index (χ0v) is 17.8. The van der Waals surface area contributed by atoms with Crippen LogP contribution in [0.15, 0.2) is 47.8 Å². The second kappa shape index (κ2) is 8.36. The Labute approximate surface area is 178 Å². The quantitative estimate of drug-likeness (QED) is 0.592. The highest BCUT2D eigenvalue weighted by Gasteiger charge is 2.35. The van der Waals surface area contributed by atoms with Crippen LogP contribution in [0.4, 0.5) is 4.39 Å². The molecule has 0 aliphatic carbocycles. The SMILES string of the molecule is COc1ccc(C(=O)N2CCc3cc(OC)c(OC)cc3C2c2cccs2)c(F)c1. The fourth-order valence-electron chi connectivity index (χ4n) is 3.87. The van der Waals surface area contributed by atoms with Gasteiger partial charge in [0.15, 0.2) is 11.5 Å². The van der Waals surface area contributed by atoms with E-state index in [0.29, 0.717) is 30.2 Å². The lowest BCUT2D eigenvalue weighted by molar-refractivity contribution is 0.0692. The number of nitrogens with zero attached hydrogens (tertiary/aromatic N) is 1. The van der Waals surface area contributed by atoms with E-state index >= 15 is 0 Å². The van der Waals surface area contributed by atoms with Crippen molar-refractivity contribution in [2.45, 2.75) is 12.5 Å². The van der Waals surface area contributed by atoms with E-state index in [4.69, 9.17) is 14.2 Å². The van der Waals surface area contributed by atoms with Gasteiger partial charge in [0, 0.05) is 17.5 Å². The Morgan fingerprint density at radius 3 is 2.47 bits per heavy atom. The highest BCUT2D eigenvalue weighted by molar-refractivity contribution is 7.10. The van der Waals surface area contributed by atoms with Crippen LogP contribution in [0, 0.1) is 5.82 Å². The van der Waals surface area contributed by atoms with Crippen LogP contribution in [0.2, 0.25) is 0 Å². The number of benzene rings is 2. The minimum Gasteiger partial charge on any atom is -0.497 e. The standard InChI is InChI=1S/C23H22FNO4S/c1-27-15-6-7-16(18(24)12-15)23(26)25-9-8-14-11-19(28-2)20(29-3)13-17(14)22(25)21-5-4-10-30-21/h4-7,10-13,22H,8-9H2,1-3H3. The van der Waals surface area contributed by atoms with E-state index in [0.717, 1.165) is 16.0 Å². The summed E-state index contributed by atoms with van der Waals surface area (Å²) in [7, 11) is 4.65. The fourth-order valence-corrected chi connectivity index (χ4v) is 4.72. The first-order valence-electron chi connectivity index (χ1n) is 9.50. The second-order valence-electron chi connectivity index (χ2n) is 6.92. The van der Waals surface area contributed by atoms with Crippen LogP contribution in [0.5, 0.6) is 17.2 Å². The molecule has 0 spiro atoms. The molecule has 2 heterocycles. The Morgan fingerprint density at radius 2 is 1.83 bits per heavy atom. The Morgan fingerprint density at radius 1 is 1.07 bits per heavy atom. The molecule has 1 aliphatic heterocycles. The third-order valence-electron chi connectivity index (χ3n) is 5.35. The molecule has 5 nitrogen and oxygen atoms in total. The molecule has 0 saturated heterocycles. The molecule has 7 heteroatoms. The molecule has 2 aromatic carbocycles. The fraction of sp³-hybridized carbons (Fsp3) is 0.261. The van der Waals surface area contributed by atoms with E-state index in [2.05, 4.69) is 0 Å². The summed E-state index contributed by atoms with van der Waals surface area (Å²) in [5, 5.41) is 1.97. The van der Waals surface area contributed by atoms with Gasteiger partial charge < -0.3 is 19.1 Å². The summed E-state index contributed by atoms with van der Waals surface area (Å²) >= 11 is 1.56. The first-order chi connectivity index (χ1) is 14.6. The monoisotopic (exact) mass is 427 g/mol. The normalized spacial score (nSPS) is 15.5. The molecule has 1 amide bonds. The molecule has 3 aromatic rings. The van der Waals surface area contributed by atoms with E-state index in [1.807, 2.05) is 29.6 Å². The van der Waals surface area contributed by atoms with Gasteiger partial charge in [0.25, 0.3) is 5.91 Å². The van der Waals surface area contributed by atoms with E-state index in [-0.39, 0.29) is 17.5 Å². The zero-order valence-electron chi connectivity index (χ0n) is 17.0. The molecule has 0 bridgehead atoms. The number of carbonyl (C=O) groups is 1. The van der Waals surface area contributed by atoms with Crippen molar-refractivity contribution in [1.82, 2.24) is 4.90 Å². The largest absolute Gasteiger partial charge is 0.497 e. The van der Waals surface area contributed by atoms with Gasteiger partial charge in [0.1, 0.15) is 11.6 Å². The summed E-state index contributed by atoms with van der Waals surface area (Å²) in [5.41, 5.74) is 2.08. The topological polar surface area (TPSA) is 48.0 Å². The number of rotatable bonds is 5. The number of hydrogen-bond acceptors (Lipinski definition) is 5. The molecule has 30 heavy (non-hydrogen) atoms. The van der Waals surface area contributed by atoms with Gasteiger partial charge in [-0.3, -0.25) is 4.79 Å². The van der Waals surface area contributed by atoms with Gasteiger partial charge >= 0.3 is 0 Å². The molecular weight excluding hydrogens is 405 g/mol. The summed E-state index contributed by atoms with van der Waals surface area (Å²) in [4.78, 5) is 16.1. The van der Waals surface area contributed by atoms with E-state index < -0.39 is 5.82 Å². The van der Waals surface area contributed by atoms with Gasteiger partial charge in [-0.2, -0.15) is 0 Å². The molecule has 1 atom stereocenters. The van der Waals surface area contributed by atoms with Gasteiger partial charge in [-0.25, -0.2) is 4.39 Å². The average Bonchev–Trinajstić information content (AvgIpc) is 3.31. The lowest BCUT2D eigenvalue weighted by Crippen LogP contribution is -2.40. The Hall–Kier alpha value is -3.06. The summed E-state index contributed by atoms with van der Waals surface area (Å²) in [5.74, 6) is 0.681. The van der Waals surface area contributed by atoms with Crippen molar-refractivity contribution in [3.05, 3.63) is 75.2 Å². The van der Waals surface area contributed by atoms with Crippen molar-refractivity contribution >= 4 is 17.2 Å². The number of halogens is 1. The van der Waals surface area contributed by atoms with Gasteiger partial charge in [0.2, 0.25) is 0 Å². The van der Waals surface area contributed by atoms with Crippen molar-refractivity contribution < 1.29 is 23.4 Å². The molecule has 4 rings (SSSR count). The van der Waals surface area contributed by atoms with Crippen molar-refractivity contribution in [3.8, 4) is 17.2 Å². The summed E-state index contributed by atoms with van der Waals surface area (Å²) in [6.45, 7) is 0.468. The van der Waals surface area contributed by atoms with Crippen LogP contribution in [0.25, 0.3) is 0 Å². The molecular formula is C23H22FNO4S. The van der Waals surface area contributed by atoms with Crippen molar-refractivity contribution in [1.29, 1.82) is 0 Å². The molecule has 0 radical (unpaired) electrons. The third kappa shape index (κ3) is 3.50. The van der Waals surface area contributed by atoms with Crippen molar-refractivity contribution in [3.63, 3.8) is 0 Å². The minimum atomic E-state index is -0.595. The van der Waals surface area contributed by atoms with Crippen molar-refractivity contribution in [2.24, 2.45) is 0 Å². The Kier molecular flexibility index (Phi) is 5.63. The van der Waals surface area contributed by atoms with Crippen LogP contribution >= 0.6 is 11.3 Å². The number of carbonyl (C=O) groups excluding carboxylic acids is 1. The number of thiophene rings is 1. The van der Waals surface area contributed by atoms with Crippen LogP contribution in [-0.2, 0) is 6.42 Å². The molecule has 0 saturated carbocycles. The van der Waals surface area contributed by atoms with Gasteiger partial charge in [-0.1, -0.05) is 6.07 Å². The van der Waals surface area contributed by atoms with Crippen LogP contribution in [0.1, 0.15) is 32.4 Å². The smallest absolute Gasteiger partial charge is 0.257 e. The number of ether oxygens (including phenoxy) is 3. The van der Waals surface area contributed by atoms with Gasteiger partial charge in [-0.05, 0) is 53.3 Å².